The zero-order valence-electron chi connectivity index (χ0n) is 24.7. The van der Waals surface area contributed by atoms with Crippen LogP contribution in [0.3, 0.4) is 0 Å². The largest absolute Gasteiger partial charge is 0.350 e. The number of nitrogens with zero attached hydrogens (tertiary/aromatic N) is 4. The molecule has 0 bridgehead atoms. The van der Waals surface area contributed by atoms with Crippen LogP contribution in [0.15, 0.2) is 48.7 Å². The van der Waals surface area contributed by atoms with Gasteiger partial charge in [-0.1, -0.05) is 35.9 Å². The van der Waals surface area contributed by atoms with Crippen LogP contribution in [-0.4, -0.2) is 75.6 Å². The third-order valence-corrected chi connectivity index (χ3v) is 9.36. The van der Waals surface area contributed by atoms with Crippen molar-refractivity contribution in [3.05, 3.63) is 65.4 Å². The molecular weight excluding hydrogens is 528 g/mol. The maximum Gasteiger partial charge on any atom is 0.243 e. The van der Waals surface area contributed by atoms with Crippen molar-refractivity contribution in [3.63, 3.8) is 0 Å². The zero-order chi connectivity index (χ0) is 29.2. The van der Waals surface area contributed by atoms with Crippen LogP contribution in [0, 0.1) is 18.8 Å². The Labute approximate surface area is 247 Å². The number of likely N-dealkylation sites (tertiary alicyclic amines) is 2. The highest BCUT2D eigenvalue weighted by Gasteiger charge is 2.46. The Morgan fingerprint density at radius 3 is 2.55 bits per heavy atom. The summed E-state index contributed by atoms with van der Waals surface area (Å²) in [5.41, 5.74) is 4.44. The van der Waals surface area contributed by atoms with Gasteiger partial charge in [-0.25, -0.2) is 0 Å². The van der Waals surface area contributed by atoms with Crippen LogP contribution in [0.25, 0.3) is 10.9 Å². The fraction of sp³-hybridized carbons (Fsp3) is 0.515. The Morgan fingerprint density at radius 1 is 1.00 bits per heavy atom. The van der Waals surface area contributed by atoms with Crippen LogP contribution >= 0.6 is 0 Å². The monoisotopic (exact) mass is 570 g/mol. The van der Waals surface area contributed by atoms with Gasteiger partial charge in [-0.3, -0.25) is 19.1 Å². The van der Waals surface area contributed by atoms with E-state index in [0.29, 0.717) is 32.5 Å². The van der Waals surface area contributed by atoms with Crippen molar-refractivity contribution >= 4 is 28.6 Å². The summed E-state index contributed by atoms with van der Waals surface area (Å²) in [4.78, 5) is 45.1. The number of aromatic nitrogens is 2. The van der Waals surface area contributed by atoms with Gasteiger partial charge in [0.1, 0.15) is 6.04 Å². The van der Waals surface area contributed by atoms with Crippen LogP contribution in [0.4, 0.5) is 0 Å². The smallest absolute Gasteiger partial charge is 0.243 e. The Hall–Kier alpha value is -3.72. The summed E-state index contributed by atoms with van der Waals surface area (Å²) in [6.07, 6.45) is 6.85. The number of benzene rings is 2. The molecule has 0 radical (unpaired) electrons. The number of hydrogen-bond donors (Lipinski definition) is 2. The standard InChI is InChI=1S/C33H42N6O3/c1-22-7-9-23(10-8-22)16-25-18-29(31(40)35-19-24-11-12-28-26(17-24)20-36-37(28)2)39(21-25)33(42)30-27(6-5-13-34-30)32(41)38-14-3-4-15-38/h7-12,17,20,25,27,29-30,34H,3-6,13-16,18-19,21H2,1-2H3,(H,35,40)/t25?,27-,29-,30+/m0/s1. The molecule has 0 saturated carbocycles. The van der Waals surface area contributed by atoms with E-state index in [4.69, 9.17) is 0 Å². The average molecular weight is 571 g/mol. The van der Waals surface area contributed by atoms with Crippen molar-refractivity contribution in [2.45, 2.75) is 64.1 Å². The summed E-state index contributed by atoms with van der Waals surface area (Å²) in [5.74, 6) is -0.388. The summed E-state index contributed by atoms with van der Waals surface area (Å²) in [5, 5.41) is 11.8. The summed E-state index contributed by atoms with van der Waals surface area (Å²) in [7, 11) is 1.91. The lowest BCUT2D eigenvalue weighted by Gasteiger charge is -2.36. The molecule has 9 heteroatoms. The topological polar surface area (TPSA) is 99.6 Å². The number of rotatable bonds is 7. The highest BCUT2D eigenvalue weighted by atomic mass is 16.2. The minimum absolute atomic E-state index is 0.0836. The fourth-order valence-electron chi connectivity index (χ4n) is 7.02. The van der Waals surface area contributed by atoms with Crippen LogP contribution < -0.4 is 10.6 Å². The predicted molar refractivity (Wildman–Crippen MR) is 161 cm³/mol. The van der Waals surface area contributed by atoms with E-state index in [2.05, 4.69) is 46.9 Å². The second-order valence-electron chi connectivity index (χ2n) is 12.4. The second kappa shape index (κ2) is 12.3. The lowest BCUT2D eigenvalue weighted by molar-refractivity contribution is -0.146. The first kappa shape index (κ1) is 28.4. The molecule has 3 aromatic rings. The fourth-order valence-corrected chi connectivity index (χ4v) is 7.02. The van der Waals surface area contributed by atoms with E-state index in [0.717, 1.165) is 55.2 Å². The first-order chi connectivity index (χ1) is 20.4. The minimum atomic E-state index is -0.590. The average Bonchev–Trinajstić information content (AvgIpc) is 3.77. The van der Waals surface area contributed by atoms with E-state index in [1.807, 2.05) is 41.0 Å². The molecule has 1 unspecified atom stereocenters. The molecule has 3 amide bonds. The molecule has 1 aromatic heterocycles. The molecule has 4 atom stereocenters. The van der Waals surface area contributed by atoms with Crippen LogP contribution in [0.5, 0.6) is 0 Å². The highest BCUT2D eigenvalue weighted by molar-refractivity contribution is 5.94. The van der Waals surface area contributed by atoms with Gasteiger partial charge in [0.25, 0.3) is 0 Å². The van der Waals surface area contributed by atoms with Crippen molar-refractivity contribution in [1.82, 2.24) is 30.2 Å². The van der Waals surface area contributed by atoms with Gasteiger partial charge in [0.2, 0.25) is 17.7 Å². The Kier molecular flexibility index (Phi) is 8.29. The molecular formula is C33H42N6O3. The number of carbonyl (C=O) groups excluding carboxylic acids is 3. The summed E-state index contributed by atoms with van der Waals surface area (Å²) >= 11 is 0. The predicted octanol–water partition coefficient (Wildman–Crippen LogP) is 2.95. The number of hydrogen-bond acceptors (Lipinski definition) is 5. The first-order valence-corrected chi connectivity index (χ1v) is 15.4. The molecule has 0 aliphatic carbocycles. The summed E-state index contributed by atoms with van der Waals surface area (Å²) < 4.78 is 1.83. The molecule has 3 saturated heterocycles. The molecule has 3 fully saturated rings. The number of amides is 3. The van der Waals surface area contributed by atoms with Gasteiger partial charge in [0, 0.05) is 38.6 Å². The number of nitrogens with one attached hydrogen (secondary N) is 2. The van der Waals surface area contributed by atoms with E-state index < -0.39 is 12.1 Å². The highest BCUT2D eigenvalue weighted by Crippen LogP contribution is 2.31. The van der Waals surface area contributed by atoms with Crippen molar-refractivity contribution in [3.8, 4) is 0 Å². The number of piperidine rings is 1. The third-order valence-electron chi connectivity index (χ3n) is 9.36. The Balaban J connectivity index is 1.20. The van der Waals surface area contributed by atoms with E-state index in [9.17, 15) is 14.4 Å². The molecule has 4 heterocycles. The van der Waals surface area contributed by atoms with E-state index in [1.54, 1.807) is 4.90 Å². The van der Waals surface area contributed by atoms with E-state index in [-0.39, 0.29) is 29.6 Å². The van der Waals surface area contributed by atoms with Crippen LogP contribution in [0.1, 0.15) is 48.8 Å². The van der Waals surface area contributed by atoms with Gasteiger partial charge in [0.15, 0.2) is 0 Å². The summed E-state index contributed by atoms with van der Waals surface area (Å²) in [6, 6.07) is 13.4. The Morgan fingerprint density at radius 2 is 1.76 bits per heavy atom. The number of aryl methyl sites for hydroxylation is 2. The molecule has 2 aromatic carbocycles. The van der Waals surface area contributed by atoms with Gasteiger partial charge in [-0.2, -0.15) is 5.10 Å². The van der Waals surface area contributed by atoms with Gasteiger partial charge >= 0.3 is 0 Å². The van der Waals surface area contributed by atoms with Crippen molar-refractivity contribution in [2.24, 2.45) is 18.9 Å². The lowest BCUT2D eigenvalue weighted by atomic mass is 9.88. The number of fused-ring (bicyclic) bond motifs is 1. The SMILES string of the molecule is Cc1ccc(CC2C[C@@H](C(=O)NCc3ccc4c(cnn4C)c3)N(C(=O)[C@@H]3NCCC[C@@H]3C(=O)N3CCCC3)C2)cc1. The third kappa shape index (κ3) is 5.93. The normalized spacial score (nSPS) is 24.3. The molecule has 6 rings (SSSR count). The van der Waals surface area contributed by atoms with Crippen LogP contribution in [0.2, 0.25) is 0 Å². The molecule has 222 valence electrons. The molecule has 3 aliphatic heterocycles. The van der Waals surface area contributed by atoms with E-state index in [1.165, 1.54) is 11.1 Å². The van der Waals surface area contributed by atoms with E-state index >= 15 is 0 Å². The molecule has 42 heavy (non-hydrogen) atoms. The zero-order valence-corrected chi connectivity index (χ0v) is 24.7. The quantitative estimate of drug-likeness (QED) is 0.455. The number of carbonyl (C=O) groups is 3. The maximum absolute atomic E-state index is 14.2. The molecule has 3 aliphatic rings. The van der Waals surface area contributed by atoms with Crippen molar-refractivity contribution in [1.29, 1.82) is 0 Å². The van der Waals surface area contributed by atoms with Gasteiger partial charge in [-0.15, -0.1) is 0 Å². The minimum Gasteiger partial charge on any atom is -0.350 e. The maximum atomic E-state index is 14.2. The Bertz CT molecular complexity index is 1440. The molecule has 0 spiro atoms. The van der Waals surface area contributed by atoms with Crippen molar-refractivity contribution in [2.75, 3.05) is 26.2 Å². The second-order valence-corrected chi connectivity index (χ2v) is 12.4. The first-order valence-electron chi connectivity index (χ1n) is 15.4. The molecule has 2 N–H and O–H groups in total. The summed E-state index contributed by atoms with van der Waals surface area (Å²) in [6.45, 7) is 5.21. The van der Waals surface area contributed by atoms with Gasteiger partial charge in [-0.05, 0) is 81.2 Å². The lowest BCUT2D eigenvalue weighted by Crippen LogP contribution is -2.59. The van der Waals surface area contributed by atoms with Gasteiger partial charge in [0.05, 0.1) is 23.7 Å². The van der Waals surface area contributed by atoms with Crippen LogP contribution in [-0.2, 0) is 34.4 Å². The van der Waals surface area contributed by atoms with Gasteiger partial charge < -0.3 is 20.4 Å². The molecule has 9 nitrogen and oxygen atoms in total. The van der Waals surface area contributed by atoms with Crippen molar-refractivity contribution < 1.29 is 14.4 Å².